The fourth-order valence-electron chi connectivity index (χ4n) is 1.63. The molecule has 1 aromatic heterocycles. The summed E-state index contributed by atoms with van der Waals surface area (Å²) in [7, 11) is 0. The third-order valence-electron chi connectivity index (χ3n) is 2.45. The maximum Gasteiger partial charge on any atom is 0.335 e. The van der Waals surface area contributed by atoms with Crippen molar-refractivity contribution < 1.29 is 14.6 Å². The number of ether oxygens (including phenoxy) is 1. The van der Waals surface area contributed by atoms with Crippen LogP contribution in [0.15, 0.2) is 24.4 Å². The van der Waals surface area contributed by atoms with E-state index in [1.807, 2.05) is 6.07 Å². The highest BCUT2D eigenvalue weighted by Gasteiger charge is 2.11. The number of rotatable bonds is 4. The molecule has 2 rings (SSSR count). The number of aromatic nitrogens is 1. The second kappa shape index (κ2) is 4.49. The number of benzene rings is 1. The molecule has 0 aliphatic heterocycles. The summed E-state index contributed by atoms with van der Waals surface area (Å²) in [4.78, 5) is 14.0. The second-order valence-corrected chi connectivity index (χ2v) is 4.42. The van der Waals surface area contributed by atoms with E-state index < -0.39 is 5.97 Å². The number of hydrogen-bond donors (Lipinski definition) is 2. The first-order valence-electron chi connectivity index (χ1n) is 5.55. The minimum Gasteiger partial charge on any atom is -0.493 e. The van der Waals surface area contributed by atoms with Crippen LogP contribution in [0.5, 0.6) is 5.75 Å². The molecule has 90 valence electrons. The Morgan fingerprint density at radius 2 is 2.24 bits per heavy atom. The van der Waals surface area contributed by atoms with Gasteiger partial charge in [-0.25, -0.2) is 4.79 Å². The summed E-state index contributed by atoms with van der Waals surface area (Å²) in [6.07, 6.45) is 1.78. The molecule has 2 N–H and O–H groups in total. The Bertz CT molecular complexity index is 543. The molecule has 1 heterocycles. The Kier molecular flexibility index (Phi) is 3.04. The van der Waals surface area contributed by atoms with Gasteiger partial charge in [0.25, 0.3) is 0 Å². The third-order valence-corrected chi connectivity index (χ3v) is 2.45. The average molecular weight is 233 g/mol. The van der Waals surface area contributed by atoms with Gasteiger partial charge in [-0.15, -0.1) is 0 Å². The molecular weight excluding hydrogens is 218 g/mol. The minimum atomic E-state index is -0.948. The molecular formula is C13H15NO3. The molecule has 0 saturated carbocycles. The van der Waals surface area contributed by atoms with Crippen molar-refractivity contribution in [1.82, 2.24) is 4.98 Å². The highest BCUT2D eigenvalue weighted by atomic mass is 16.5. The van der Waals surface area contributed by atoms with Crippen LogP contribution in [0.4, 0.5) is 0 Å². The van der Waals surface area contributed by atoms with Gasteiger partial charge in [0.05, 0.1) is 12.2 Å². The fourth-order valence-corrected chi connectivity index (χ4v) is 1.63. The van der Waals surface area contributed by atoms with Crippen LogP contribution < -0.4 is 4.74 Å². The van der Waals surface area contributed by atoms with Crippen LogP contribution in [-0.4, -0.2) is 22.7 Å². The first kappa shape index (κ1) is 11.5. The lowest BCUT2D eigenvalue weighted by molar-refractivity contribution is 0.0696. The monoisotopic (exact) mass is 233 g/mol. The predicted molar refractivity (Wildman–Crippen MR) is 65.6 cm³/mol. The van der Waals surface area contributed by atoms with E-state index in [9.17, 15) is 4.79 Å². The maximum absolute atomic E-state index is 11.0. The van der Waals surface area contributed by atoms with Gasteiger partial charge in [-0.05, 0) is 24.1 Å². The molecule has 4 heteroatoms. The number of fused-ring (bicyclic) bond motifs is 1. The van der Waals surface area contributed by atoms with Gasteiger partial charge in [0.1, 0.15) is 5.75 Å². The van der Waals surface area contributed by atoms with Crippen LogP contribution in [0.1, 0.15) is 24.2 Å². The summed E-state index contributed by atoms with van der Waals surface area (Å²) in [5, 5.41) is 9.93. The normalized spacial score (nSPS) is 11.0. The van der Waals surface area contributed by atoms with Crippen LogP contribution in [0.25, 0.3) is 10.9 Å². The lowest BCUT2D eigenvalue weighted by Crippen LogP contribution is -2.06. The quantitative estimate of drug-likeness (QED) is 0.853. The van der Waals surface area contributed by atoms with Crippen LogP contribution in [-0.2, 0) is 0 Å². The van der Waals surface area contributed by atoms with E-state index in [-0.39, 0.29) is 5.56 Å². The van der Waals surface area contributed by atoms with Crippen molar-refractivity contribution in [1.29, 1.82) is 0 Å². The van der Waals surface area contributed by atoms with Crippen LogP contribution in [0.2, 0.25) is 0 Å². The number of aromatic carboxylic acids is 1. The van der Waals surface area contributed by atoms with Crippen LogP contribution >= 0.6 is 0 Å². The molecule has 1 aromatic carbocycles. The average Bonchev–Trinajstić information content (AvgIpc) is 2.73. The van der Waals surface area contributed by atoms with Gasteiger partial charge in [-0.3, -0.25) is 0 Å². The number of hydrogen-bond acceptors (Lipinski definition) is 2. The second-order valence-electron chi connectivity index (χ2n) is 4.42. The van der Waals surface area contributed by atoms with Gasteiger partial charge < -0.3 is 14.8 Å². The zero-order valence-corrected chi connectivity index (χ0v) is 9.86. The fraction of sp³-hybridized carbons (Fsp3) is 0.308. The van der Waals surface area contributed by atoms with Gasteiger partial charge in [-0.2, -0.15) is 0 Å². The van der Waals surface area contributed by atoms with Crippen molar-refractivity contribution in [2.24, 2.45) is 5.92 Å². The molecule has 0 unspecified atom stereocenters. The number of H-pyrrole nitrogens is 1. The minimum absolute atomic E-state index is 0.235. The van der Waals surface area contributed by atoms with Gasteiger partial charge in [0.15, 0.2) is 0 Å². The van der Waals surface area contributed by atoms with Crippen molar-refractivity contribution >= 4 is 16.9 Å². The van der Waals surface area contributed by atoms with E-state index in [4.69, 9.17) is 9.84 Å². The molecule has 4 nitrogen and oxygen atoms in total. The van der Waals surface area contributed by atoms with Crippen LogP contribution in [0, 0.1) is 5.92 Å². The summed E-state index contributed by atoms with van der Waals surface area (Å²) in [6.45, 7) is 4.67. The summed E-state index contributed by atoms with van der Waals surface area (Å²) < 4.78 is 5.65. The molecule has 0 spiro atoms. The molecule has 2 aromatic rings. The lowest BCUT2D eigenvalue weighted by Gasteiger charge is -2.10. The molecule has 0 radical (unpaired) electrons. The van der Waals surface area contributed by atoms with Gasteiger partial charge in [0.2, 0.25) is 0 Å². The highest BCUT2D eigenvalue weighted by molar-refractivity contribution is 5.96. The lowest BCUT2D eigenvalue weighted by atomic mass is 10.1. The molecule has 0 bridgehead atoms. The largest absolute Gasteiger partial charge is 0.493 e. The molecule has 0 amide bonds. The van der Waals surface area contributed by atoms with E-state index in [1.165, 1.54) is 0 Å². The van der Waals surface area contributed by atoms with Gasteiger partial charge in [0, 0.05) is 17.1 Å². The van der Waals surface area contributed by atoms with E-state index in [2.05, 4.69) is 18.8 Å². The number of carbonyl (C=O) groups is 1. The molecule has 0 atom stereocenters. The predicted octanol–water partition coefficient (Wildman–Crippen LogP) is 2.90. The smallest absolute Gasteiger partial charge is 0.335 e. The molecule has 17 heavy (non-hydrogen) atoms. The third kappa shape index (κ3) is 2.41. The Morgan fingerprint density at radius 1 is 1.47 bits per heavy atom. The first-order valence-corrected chi connectivity index (χ1v) is 5.55. The van der Waals surface area contributed by atoms with Crippen LogP contribution in [0.3, 0.4) is 0 Å². The van der Waals surface area contributed by atoms with E-state index >= 15 is 0 Å². The van der Waals surface area contributed by atoms with Crippen molar-refractivity contribution in [3.63, 3.8) is 0 Å². The van der Waals surface area contributed by atoms with E-state index in [0.29, 0.717) is 18.3 Å². The summed E-state index contributed by atoms with van der Waals surface area (Å²) in [6, 6.07) is 5.07. The topological polar surface area (TPSA) is 62.3 Å². The van der Waals surface area contributed by atoms with E-state index in [1.54, 1.807) is 18.3 Å². The zero-order chi connectivity index (χ0) is 12.4. The molecule has 0 fully saturated rings. The Morgan fingerprint density at radius 3 is 2.88 bits per heavy atom. The van der Waals surface area contributed by atoms with Crippen molar-refractivity contribution in [3.8, 4) is 5.75 Å². The van der Waals surface area contributed by atoms with Crippen molar-refractivity contribution in [2.75, 3.05) is 6.61 Å². The molecule has 0 aliphatic carbocycles. The van der Waals surface area contributed by atoms with Gasteiger partial charge >= 0.3 is 5.97 Å². The number of nitrogens with one attached hydrogen (secondary N) is 1. The summed E-state index contributed by atoms with van der Waals surface area (Å²) in [5.41, 5.74) is 1.02. The highest BCUT2D eigenvalue weighted by Crippen LogP contribution is 2.27. The summed E-state index contributed by atoms with van der Waals surface area (Å²) >= 11 is 0. The standard InChI is InChI=1S/C13H15NO3/c1-8(2)7-17-12-6-9(13(15)16)5-11-10(12)3-4-14-11/h3-6,8,14H,7H2,1-2H3,(H,15,16). The Balaban J connectivity index is 2.43. The van der Waals surface area contributed by atoms with E-state index in [0.717, 1.165) is 10.9 Å². The number of carboxylic acid groups (broad SMARTS) is 1. The summed E-state index contributed by atoms with van der Waals surface area (Å²) in [5.74, 6) is 0.0724. The first-order chi connectivity index (χ1) is 8.08. The Labute approximate surface area is 99.2 Å². The maximum atomic E-state index is 11.0. The molecule has 0 saturated heterocycles. The number of carboxylic acids is 1. The molecule has 0 aliphatic rings. The zero-order valence-electron chi connectivity index (χ0n) is 9.86. The van der Waals surface area contributed by atoms with Crippen molar-refractivity contribution in [3.05, 3.63) is 30.0 Å². The number of aromatic amines is 1. The Hall–Kier alpha value is -1.97. The SMILES string of the molecule is CC(C)COc1cc(C(=O)O)cc2[nH]ccc12. The van der Waals surface area contributed by atoms with Gasteiger partial charge in [-0.1, -0.05) is 13.8 Å². The van der Waals surface area contributed by atoms with Crippen molar-refractivity contribution in [2.45, 2.75) is 13.8 Å².